The van der Waals surface area contributed by atoms with Gasteiger partial charge < -0.3 is 0 Å². The smallest absolute Gasteiger partial charge is 0.0714 e. The highest BCUT2D eigenvalue weighted by molar-refractivity contribution is 6.62. The third kappa shape index (κ3) is 7.26. The van der Waals surface area contributed by atoms with Crippen LogP contribution in [-0.4, -0.2) is 15.0 Å². The van der Waals surface area contributed by atoms with E-state index in [1.807, 2.05) is 6.07 Å². The Balaban J connectivity index is -0.000000270. The fraction of sp³-hybridized carbons (Fsp3) is 0.143. The summed E-state index contributed by atoms with van der Waals surface area (Å²) >= 11 is 5.60. The Bertz CT molecular complexity index is 168. The van der Waals surface area contributed by atoms with Crippen LogP contribution in [0, 0.1) is 0 Å². The van der Waals surface area contributed by atoms with Crippen LogP contribution >= 0.6 is 48.8 Å². The van der Waals surface area contributed by atoms with E-state index in [1.165, 1.54) is 5.19 Å². The summed E-state index contributed by atoms with van der Waals surface area (Å²) in [7, 11) is -0.136. The van der Waals surface area contributed by atoms with Gasteiger partial charge in [-0.3, -0.25) is 0 Å². The van der Waals surface area contributed by atoms with Gasteiger partial charge in [0.25, 0.3) is 0 Å². The van der Waals surface area contributed by atoms with Crippen LogP contribution < -0.4 is 5.19 Å². The van der Waals surface area contributed by atoms with Gasteiger partial charge in [-0.25, -0.2) is 0 Å². The molecule has 1 aromatic carbocycles. The van der Waals surface area contributed by atoms with E-state index >= 15 is 0 Å². The van der Waals surface area contributed by atoms with E-state index in [4.69, 9.17) is 11.6 Å². The molecule has 0 atom stereocenters. The van der Waals surface area contributed by atoms with Gasteiger partial charge in [0.2, 0.25) is 0 Å². The molecule has 5 heteroatoms. The molecule has 0 aliphatic heterocycles. The van der Waals surface area contributed by atoms with Crippen molar-refractivity contribution in [3.05, 3.63) is 30.3 Å². The molecule has 0 aliphatic rings. The monoisotopic (exact) mass is 264 g/mol. The number of hydrogen-bond donors (Lipinski definition) is 0. The van der Waals surface area contributed by atoms with Gasteiger partial charge in [0.15, 0.2) is 0 Å². The summed E-state index contributed by atoms with van der Waals surface area (Å²) in [6.45, 7) is 0. The molecule has 1 aromatic rings. The van der Waals surface area contributed by atoms with Crippen molar-refractivity contribution in [3.63, 3.8) is 0 Å². The Morgan fingerprint density at radius 1 is 1.00 bits per heavy atom. The van der Waals surface area contributed by atoms with Crippen LogP contribution in [-0.2, 0) is 0 Å². The molecule has 0 spiro atoms. The average Bonchev–Trinajstić information content (AvgIpc) is 1.91. The predicted octanol–water partition coefficient (Wildman–Crippen LogP) is 1.94. The molecule has 1 rings (SSSR count). The van der Waals surface area contributed by atoms with Crippen molar-refractivity contribution in [2.75, 3.05) is 5.50 Å². The molecular formula is C7H12Cl4Si. The molecule has 0 saturated heterocycles. The number of halogens is 4. The SMILES string of the molecule is Cl.Cl.Cl.ClC[SiH2]c1ccccc1. The normalized spacial score (nSPS) is 8.08. The van der Waals surface area contributed by atoms with Crippen LogP contribution in [0.2, 0.25) is 0 Å². The Kier molecular flexibility index (Phi) is 17.8. The number of alkyl halides is 1. The van der Waals surface area contributed by atoms with Crippen LogP contribution in [0.4, 0.5) is 0 Å². The standard InChI is InChI=1S/C7H9ClSi.3ClH/c8-6-9-7-4-2-1-3-5-7;;;/h1-5H,6,9H2;3*1H. The van der Waals surface area contributed by atoms with Crippen LogP contribution in [0.5, 0.6) is 0 Å². The lowest BCUT2D eigenvalue weighted by molar-refractivity contribution is 1.76. The second-order valence-electron chi connectivity index (χ2n) is 1.92. The summed E-state index contributed by atoms with van der Waals surface area (Å²) in [5.41, 5.74) is 0.851. The minimum Gasteiger partial charge on any atom is -0.147 e. The zero-order chi connectivity index (χ0) is 6.53. The molecule has 0 N–H and O–H groups in total. The van der Waals surface area contributed by atoms with Gasteiger partial charge in [-0.1, -0.05) is 35.5 Å². The molecule has 0 saturated carbocycles. The number of benzene rings is 1. The van der Waals surface area contributed by atoms with Crippen molar-refractivity contribution < 1.29 is 0 Å². The molecule has 0 bridgehead atoms. The second-order valence-corrected chi connectivity index (χ2v) is 4.75. The summed E-state index contributed by atoms with van der Waals surface area (Å²) in [4.78, 5) is 0. The Hall–Kier alpha value is 0.597. The predicted molar refractivity (Wildman–Crippen MR) is 67.1 cm³/mol. The van der Waals surface area contributed by atoms with Crippen molar-refractivity contribution >= 4 is 63.5 Å². The van der Waals surface area contributed by atoms with E-state index < -0.39 is 0 Å². The fourth-order valence-electron chi connectivity index (χ4n) is 0.754. The lowest BCUT2D eigenvalue weighted by Crippen LogP contribution is -2.13. The maximum Gasteiger partial charge on any atom is 0.0714 e. The lowest BCUT2D eigenvalue weighted by atomic mass is 10.4. The van der Waals surface area contributed by atoms with E-state index in [0.29, 0.717) is 0 Å². The van der Waals surface area contributed by atoms with Crippen molar-refractivity contribution in [1.29, 1.82) is 0 Å². The summed E-state index contributed by atoms with van der Waals surface area (Å²) in [6.07, 6.45) is 0. The number of rotatable bonds is 2. The van der Waals surface area contributed by atoms with Crippen LogP contribution in [0.1, 0.15) is 0 Å². The highest BCUT2D eigenvalue weighted by atomic mass is 35.5. The molecule has 0 aromatic heterocycles. The van der Waals surface area contributed by atoms with Crippen molar-refractivity contribution in [3.8, 4) is 0 Å². The van der Waals surface area contributed by atoms with Gasteiger partial charge in [-0.05, 0) is 0 Å². The minimum absolute atomic E-state index is 0. The van der Waals surface area contributed by atoms with Gasteiger partial charge in [-0.15, -0.1) is 48.8 Å². The van der Waals surface area contributed by atoms with Gasteiger partial charge in [0.05, 0.1) is 9.52 Å². The lowest BCUT2D eigenvalue weighted by Gasteiger charge is -1.91. The quantitative estimate of drug-likeness (QED) is 0.567. The first-order valence-electron chi connectivity index (χ1n) is 3.03. The van der Waals surface area contributed by atoms with Crippen molar-refractivity contribution in [2.45, 2.75) is 0 Å². The molecular weight excluding hydrogens is 254 g/mol. The first-order valence-corrected chi connectivity index (χ1v) is 5.27. The highest BCUT2D eigenvalue weighted by Crippen LogP contribution is 1.81. The first-order chi connectivity index (χ1) is 4.43. The topological polar surface area (TPSA) is 0 Å². The van der Waals surface area contributed by atoms with E-state index in [1.54, 1.807) is 0 Å². The van der Waals surface area contributed by atoms with Gasteiger partial charge in [0, 0.05) is 5.50 Å². The van der Waals surface area contributed by atoms with Crippen LogP contribution in [0.15, 0.2) is 30.3 Å². The molecule has 0 heterocycles. The van der Waals surface area contributed by atoms with E-state index in [2.05, 4.69) is 24.3 Å². The van der Waals surface area contributed by atoms with E-state index in [-0.39, 0.29) is 46.7 Å². The number of hydrogen-bond acceptors (Lipinski definition) is 0. The third-order valence-electron chi connectivity index (χ3n) is 1.23. The third-order valence-corrected chi connectivity index (χ3v) is 3.03. The van der Waals surface area contributed by atoms with Crippen LogP contribution in [0.3, 0.4) is 0 Å². The Morgan fingerprint density at radius 3 is 1.92 bits per heavy atom. The molecule has 72 valence electrons. The molecule has 0 nitrogen and oxygen atoms in total. The largest absolute Gasteiger partial charge is 0.147 e. The minimum atomic E-state index is -0.136. The van der Waals surface area contributed by atoms with Gasteiger partial charge in [0.1, 0.15) is 0 Å². The molecule has 0 radical (unpaired) electrons. The molecule has 0 aliphatic carbocycles. The van der Waals surface area contributed by atoms with E-state index in [0.717, 1.165) is 5.50 Å². The zero-order valence-electron chi connectivity index (χ0n) is 6.40. The molecule has 0 amide bonds. The van der Waals surface area contributed by atoms with Gasteiger partial charge in [-0.2, -0.15) is 0 Å². The summed E-state index contributed by atoms with van der Waals surface area (Å²) in [5.74, 6) is 0. The Labute approximate surface area is 99.1 Å². The molecule has 0 fully saturated rings. The second kappa shape index (κ2) is 11.6. The maximum atomic E-state index is 5.60. The van der Waals surface area contributed by atoms with Gasteiger partial charge >= 0.3 is 0 Å². The average molecular weight is 266 g/mol. The van der Waals surface area contributed by atoms with Crippen molar-refractivity contribution in [1.82, 2.24) is 0 Å². The highest BCUT2D eigenvalue weighted by Gasteiger charge is 1.86. The first kappa shape index (κ1) is 18.4. The zero-order valence-corrected chi connectivity index (χ0v) is 11.0. The van der Waals surface area contributed by atoms with Crippen molar-refractivity contribution in [2.24, 2.45) is 0 Å². The molecule has 0 unspecified atom stereocenters. The van der Waals surface area contributed by atoms with E-state index in [9.17, 15) is 0 Å². The molecule has 12 heavy (non-hydrogen) atoms. The summed E-state index contributed by atoms with van der Waals surface area (Å²) < 4.78 is 0. The summed E-state index contributed by atoms with van der Waals surface area (Å²) in [5, 5.41) is 1.45. The fourth-order valence-corrected chi connectivity index (χ4v) is 2.23. The Morgan fingerprint density at radius 2 is 1.50 bits per heavy atom. The van der Waals surface area contributed by atoms with Crippen LogP contribution in [0.25, 0.3) is 0 Å². The maximum absolute atomic E-state index is 5.60. The summed E-state index contributed by atoms with van der Waals surface area (Å²) in [6, 6.07) is 10.5.